The van der Waals surface area contributed by atoms with Gasteiger partial charge in [-0.25, -0.2) is 5.43 Å². The number of rotatable bonds is 6. The lowest BCUT2D eigenvalue weighted by Crippen LogP contribution is -2.40. The van der Waals surface area contributed by atoms with Crippen LogP contribution in [0.1, 0.15) is 0 Å². The summed E-state index contributed by atoms with van der Waals surface area (Å²) in [6.07, 6.45) is -3.53. The Labute approximate surface area is 135 Å². The van der Waals surface area contributed by atoms with Crippen molar-refractivity contribution < 1.29 is 20.4 Å². The fourth-order valence-corrected chi connectivity index (χ4v) is 2.16. The van der Waals surface area contributed by atoms with E-state index < -0.39 is 24.9 Å². The van der Waals surface area contributed by atoms with Crippen molar-refractivity contribution in [3.05, 3.63) is 24.3 Å². The molecule has 3 unspecified atom stereocenters. The maximum absolute atomic E-state index is 9.59. The minimum Gasteiger partial charge on any atom is -0.394 e. The first kappa shape index (κ1) is 16.2. The third kappa shape index (κ3) is 3.16. The molecule has 3 aromatic rings. The van der Waals surface area contributed by atoms with E-state index in [9.17, 15) is 15.3 Å². The van der Waals surface area contributed by atoms with Crippen molar-refractivity contribution in [2.24, 2.45) is 5.10 Å². The van der Waals surface area contributed by atoms with Crippen LogP contribution in [0.15, 0.2) is 29.4 Å². The first-order valence-electron chi connectivity index (χ1n) is 7.15. The largest absolute Gasteiger partial charge is 0.394 e. The molecule has 0 aliphatic carbocycles. The van der Waals surface area contributed by atoms with E-state index in [2.05, 4.69) is 30.7 Å². The second-order valence-corrected chi connectivity index (χ2v) is 5.12. The molecule has 3 rings (SSSR count). The normalized spacial score (nSPS) is 15.8. The molecule has 126 valence electrons. The molecule has 0 amide bonds. The molecule has 0 fully saturated rings. The zero-order valence-corrected chi connectivity index (χ0v) is 12.4. The third-order valence-electron chi connectivity index (χ3n) is 3.44. The predicted molar refractivity (Wildman–Crippen MR) is 86.4 cm³/mol. The highest BCUT2D eigenvalue weighted by molar-refractivity contribution is 6.03. The summed E-state index contributed by atoms with van der Waals surface area (Å²) in [6, 6.07) is 7.58. The van der Waals surface area contributed by atoms with Gasteiger partial charge in [0.2, 0.25) is 0 Å². The van der Waals surface area contributed by atoms with Gasteiger partial charge in [-0.05, 0) is 6.07 Å². The Hall–Kier alpha value is -2.66. The molecule has 2 aromatic heterocycles. The van der Waals surface area contributed by atoms with E-state index >= 15 is 0 Å². The van der Waals surface area contributed by atoms with Gasteiger partial charge < -0.3 is 25.4 Å². The van der Waals surface area contributed by atoms with Crippen LogP contribution in [0.4, 0.5) is 5.95 Å². The second-order valence-electron chi connectivity index (χ2n) is 5.12. The van der Waals surface area contributed by atoms with Crippen LogP contribution < -0.4 is 5.43 Å². The number of para-hydroxylation sites is 1. The number of hydrogen-bond donors (Lipinski definition) is 6. The SMILES string of the molecule is OCC(O)C(O)C(O)/C=N\Nc1nnc2c(n1)[nH]c1ccccc12. The van der Waals surface area contributed by atoms with E-state index in [0.29, 0.717) is 11.2 Å². The molecule has 2 heterocycles. The maximum Gasteiger partial charge on any atom is 0.265 e. The molecule has 3 atom stereocenters. The van der Waals surface area contributed by atoms with Gasteiger partial charge in [0.05, 0.1) is 12.8 Å². The van der Waals surface area contributed by atoms with Gasteiger partial charge in [-0.2, -0.15) is 10.1 Å². The first-order chi connectivity index (χ1) is 11.6. The fourth-order valence-electron chi connectivity index (χ4n) is 2.16. The third-order valence-corrected chi connectivity index (χ3v) is 3.44. The molecule has 0 spiro atoms. The number of hydrazone groups is 1. The van der Waals surface area contributed by atoms with Gasteiger partial charge in [-0.15, -0.1) is 10.2 Å². The Morgan fingerprint density at radius 1 is 1.21 bits per heavy atom. The minimum absolute atomic E-state index is 0.0923. The first-order valence-corrected chi connectivity index (χ1v) is 7.15. The van der Waals surface area contributed by atoms with Gasteiger partial charge >= 0.3 is 0 Å². The van der Waals surface area contributed by atoms with Gasteiger partial charge in [-0.1, -0.05) is 18.2 Å². The number of aromatic amines is 1. The van der Waals surface area contributed by atoms with E-state index in [4.69, 9.17) is 5.11 Å². The molecule has 1 aromatic carbocycles. The van der Waals surface area contributed by atoms with Crippen LogP contribution in [0, 0.1) is 0 Å². The summed E-state index contributed by atoms with van der Waals surface area (Å²) in [5.41, 5.74) is 4.51. The van der Waals surface area contributed by atoms with Gasteiger partial charge in [0.25, 0.3) is 5.95 Å². The number of hydrogen-bond acceptors (Lipinski definition) is 9. The summed E-state index contributed by atoms with van der Waals surface area (Å²) in [6.45, 7) is -0.677. The zero-order valence-electron chi connectivity index (χ0n) is 12.4. The number of aliphatic hydroxyl groups is 4. The number of H-pyrrole nitrogens is 1. The van der Waals surface area contributed by atoms with E-state index in [1.54, 1.807) is 0 Å². The summed E-state index contributed by atoms with van der Waals surface area (Å²) in [5, 5.41) is 49.5. The molecule has 0 bridgehead atoms. The van der Waals surface area contributed by atoms with Gasteiger partial charge in [-0.3, -0.25) is 0 Å². The summed E-state index contributed by atoms with van der Waals surface area (Å²) in [7, 11) is 0. The van der Waals surface area contributed by atoms with Crippen LogP contribution in [0.3, 0.4) is 0 Å². The van der Waals surface area contributed by atoms with Crippen LogP contribution >= 0.6 is 0 Å². The molecule has 0 saturated carbocycles. The average molecular weight is 332 g/mol. The Morgan fingerprint density at radius 2 is 2.00 bits per heavy atom. The number of aromatic nitrogens is 4. The summed E-state index contributed by atoms with van der Waals surface area (Å²) in [5.74, 6) is 0.0923. The van der Waals surface area contributed by atoms with Crippen molar-refractivity contribution in [1.82, 2.24) is 20.2 Å². The fraction of sp³-hybridized carbons (Fsp3) is 0.286. The quantitative estimate of drug-likeness (QED) is 0.247. The van der Waals surface area contributed by atoms with Crippen LogP contribution in [0.2, 0.25) is 0 Å². The second kappa shape index (κ2) is 6.84. The minimum atomic E-state index is -1.56. The smallest absolute Gasteiger partial charge is 0.265 e. The maximum atomic E-state index is 9.59. The number of nitrogens with zero attached hydrogens (tertiary/aromatic N) is 4. The topological polar surface area (TPSA) is 160 Å². The van der Waals surface area contributed by atoms with Crippen molar-refractivity contribution in [1.29, 1.82) is 0 Å². The van der Waals surface area contributed by atoms with Gasteiger partial charge in [0, 0.05) is 10.9 Å². The lowest BCUT2D eigenvalue weighted by atomic mass is 10.1. The lowest BCUT2D eigenvalue weighted by molar-refractivity contribution is -0.0541. The molecule has 0 aliphatic rings. The van der Waals surface area contributed by atoms with Crippen LogP contribution in [-0.4, -0.2) is 71.7 Å². The highest BCUT2D eigenvalue weighted by Crippen LogP contribution is 2.21. The zero-order chi connectivity index (χ0) is 17.1. The average Bonchev–Trinajstić information content (AvgIpc) is 2.98. The Bertz CT molecular complexity index is 867. The molecule has 6 N–H and O–H groups in total. The molecule has 24 heavy (non-hydrogen) atoms. The van der Waals surface area contributed by atoms with Crippen molar-refractivity contribution >= 4 is 34.2 Å². The summed E-state index contributed by atoms with van der Waals surface area (Å²) in [4.78, 5) is 7.32. The number of aliphatic hydroxyl groups excluding tert-OH is 4. The molecule has 0 aliphatic heterocycles. The van der Waals surface area contributed by atoms with Crippen LogP contribution in [0.5, 0.6) is 0 Å². The Kier molecular flexibility index (Phi) is 4.62. The van der Waals surface area contributed by atoms with Gasteiger partial charge in [0.1, 0.15) is 23.8 Å². The monoisotopic (exact) mass is 332 g/mol. The van der Waals surface area contributed by atoms with Gasteiger partial charge in [0.15, 0.2) is 5.65 Å². The molecule has 0 saturated heterocycles. The standard InChI is InChI=1S/C14H16N6O4/c21-6-10(23)12(24)9(22)5-15-19-14-17-13-11(18-20-14)7-3-1-2-4-8(7)16-13/h1-5,9-10,12,21-24H,6H2,(H2,16,17,19,20)/b15-5-. The lowest BCUT2D eigenvalue weighted by Gasteiger charge is -2.17. The van der Waals surface area contributed by atoms with Crippen molar-refractivity contribution in [2.45, 2.75) is 18.3 Å². The highest BCUT2D eigenvalue weighted by Gasteiger charge is 2.22. The van der Waals surface area contributed by atoms with Crippen LogP contribution in [-0.2, 0) is 0 Å². The van der Waals surface area contributed by atoms with E-state index in [-0.39, 0.29) is 5.95 Å². The number of benzene rings is 1. The van der Waals surface area contributed by atoms with E-state index in [0.717, 1.165) is 17.1 Å². The number of anilines is 1. The number of fused-ring (bicyclic) bond motifs is 3. The Morgan fingerprint density at radius 3 is 2.79 bits per heavy atom. The summed E-state index contributed by atoms with van der Waals surface area (Å²) >= 11 is 0. The summed E-state index contributed by atoms with van der Waals surface area (Å²) < 4.78 is 0. The molecular formula is C14H16N6O4. The van der Waals surface area contributed by atoms with E-state index in [1.807, 2.05) is 24.3 Å². The van der Waals surface area contributed by atoms with Crippen molar-refractivity contribution in [3.8, 4) is 0 Å². The molecule has 10 nitrogen and oxygen atoms in total. The van der Waals surface area contributed by atoms with Crippen molar-refractivity contribution in [2.75, 3.05) is 12.0 Å². The van der Waals surface area contributed by atoms with E-state index in [1.165, 1.54) is 0 Å². The Balaban J connectivity index is 1.74. The molecule has 10 heteroatoms. The molecular weight excluding hydrogens is 316 g/mol. The highest BCUT2D eigenvalue weighted by atomic mass is 16.4. The van der Waals surface area contributed by atoms with Crippen molar-refractivity contribution in [3.63, 3.8) is 0 Å². The number of nitrogens with one attached hydrogen (secondary N) is 2. The predicted octanol–water partition coefficient (Wildman–Crippen LogP) is -1.02. The molecule has 0 radical (unpaired) electrons. The van der Waals surface area contributed by atoms with Crippen LogP contribution in [0.25, 0.3) is 22.1 Å².